The largest absolute Gasteiger partial charge is 0.662 e. The summed E-state index contributed by atoms with van der Waals surface area (Å²) < 4.78 is 0. The van der Waals surface area contributed by atoms with Crippen LogP contribution >= 0.6 is 0 Å². The molecule has 0 N–H and O–H groups in total. The Morgan fingerprint density at radius 3 is 0.786 bits per heavy atom. The van der Waals surface area contributed by atoms with Crippen LogP contribution in [-0.4, -0.2) is 13.1 Å². The zero-order valence-corrected chi connectivity index (χ0v) is 21.8. The van der Waals surface area contributed by atoms with E-state index < -0.39 is 0 Å². The van der Waals surface area contributed by atoms with Crippen molar-refractivity contribution in [3.8, 4) is 0 Å². The predicted molar refractivity (Wildman–Crippen MR) is 126 cm³/mol. The number of nitrogens with zero attached hydrogens (tertiary/aromatic N) is 1. The molecule has 0 spiro atoms. The molecule has 2 heteroatoms. The molecule has 0 aliphatic heterocycles. The SMILES string of the molecule is CCCCCCCCCCCCC[N-]CCCCCCCCCCCCC.[Mo]. The summed E-state index contributed by atoms with van der Waals surface area (Å²) in [5.74, 6) is 0. The van der Waals surface area contributed by atoms with Gasteiger partial charge >= 0.3 is 0 Å². The van der Waals surface area contributed by atoms with Crippen LogP contribution in [0.5, 0.6) is 0 Å². The Morgan fingerprint density at radius 1 is 0.321 bits per heavy atom. The molecule has 0 amide bonds. The molecule has 0 radical (unpaired) electrons. The first kappa shape index (κ1) is 30.8. The fourth-order valence-electron chi connectivity index (χ4n) is 3.89. The van der Waals surface area contributed by atoms with Gasteiger partial charge in [0.2, 0.25) is 0 Å². The van der Waals surface area contributed by atoms with Crippen LogP contribution in [0, 0.1) is 0 Å². The predicted octanol–water partition coefficient (Wildman–Crippen LogP) is 9.98. The van der Waals surface area contributed by atoms with Gasteiger partial charge in [0.25, 0.3) is 0 Å². The normalized spacial score (nSPS) is 10.9. The number of hydrogen-bond acceptors (Lipinski definition) is 0. The van der Waals surface area contributed by atoms with Crippen molar-refractivity contribution in [1.29, 1.82) is 0 Å². The summed E-state index contributed by atoms with van der Waals surface area (Å²) in [4.78, 5) is 0. The molecule has 0 unspecified atom stereocenters. The maximum atomic E-state index is 4.72. The van der Waals surface area contributed by atoms with Crippen molar-refractivity contribution >= 4 is 0 Å². The first-order valence-corrected chi connectivity index (χ1v) is 13.0. The van der Waals surface area contributed by atoms with Crippen molar-refractivity contribution in [2.75, 3.05) is 13.1 Å². The Morgan fingerprint density at radius 2 is 0.536 bits per heavy atom. The van der Waals surface area contributed by atoms with Gasteiger partial charge in [0.15, 0.2) is 0 Å². The van der Waals surface area contributed by atoms with E-state index in [1.165, 1.54) is 141 Å². The molecule has 1 nitrogen and oxygen atoms in total. The van der Waals surface area contributed by atoms with Crippen LogP contribution in [0.2, 0.25) is 0 Å². The van der Waals surface area contributed by atoms with Gasteiger partial charge in [-0.1, -0.05) is 155 Å². The Hall–Kier alpha value is 0.648. The van der Waals surface area contributed by atoms with Crippen LogP contribution < -0.4 is 0 Å². The van der Waals surface area contributed by atoms with Gasteiger partial charge in [-0.05, 0) is 0 Å². The minimum absolute atomic E-state index is 0. The van der Waals surface area contributed by atoms with Gasteiger partial charge in [-0.3, -0.25) is 0 Å². The Bertz CT molecular complexity index is 221. The summed E-state index contributed by atoms with van der Waals surface area (Å²) in [7, 11) is 0. The maximum absolute atomic E-state index is 4.72. The zero-order chi connectivity index (χ0) is 19.7. The van der Waals surface area contributed by atoms with E-state index in [1.54, 1.807) is 0 Å². The monoisotopic (exact) mass is 478 g/mol. The molecule has 0 saturated carbocycles. The fourth-order valence-corrected chi connectivity index (χ4v) is 3.89. The third kappa shape index (κ3) is 28.9. The van der Waals surface area contributed by atoms with Crippen LogP contribution in [0.1, 0.15) is 155 Å². The Kier molecular flexibility index (Phi) is 32.9. The minimum atomic E-state index is 0. The third-order valence-electron chi connectivity index (χ3n) is 5.84. The van der Waals surface area contributed by atoms with E-state index in [4.69, 9.17) is 5.32 Å². The van der Waals surface area contributed by atoms with Crippen molar-refractivity contribution in [2.45, 2.75) is 155 Å². The summed E-state index contributed by atoms with van der Waals surface area (Å²) in [6.07, 6.45) is 31.4. The third-order valence-corrected chi connectivity index (χ3v) is 5.84. The van der Waals surface area contributed by atoms with Crippen molar-refractivity contribution < 1.29 is 21.1 Å². The average Bonchev–Trinajstić information content (AvgIpc) is 2.68. The van der Waals surface area contributed by atoms with Crippen LogP contribution in [0.3, 0.4) is 0 Å². The molecule has 0 aromatic rings. The first-order valence-electron chi connectivity index (χ1n) is 13.0. The van der Waals surface area contributed by atoms with Gasteiger partial charge in [0, 0.05) is 21.1 Å². The van der Waals surface area contributed by atoms with Gasteiger partial charge < -0.3 is 5.32 Å². The number of unbranched alkanes of at least 4 members (excludes halogenated alkanes) is 20. The van der Waals surface area contributed by atoms with Gasteiger partial charge in [-0.15, -0.1) is 13.1 Å². The maximum Gasteiger partial charge on any atom is 0 e. The van der Waals surface area contributed by atoms with E-state index >= 15 is 0 Å². The second-order valence-corrected chi connectivity index (χ2v) is 8.74. The summed E-state index contributed by atoms with van der Waals surface area (Å²) in [6, 6.07) is 0. The second-order valence-electron chi connectivity index (χ2n) is 8.74. The van der Waals surface area contributed by atoms with E-state index in [-0.39, 0.29) is 21.1 Å². The standard InChI is InChI=1S/C26H54N.Mo/c1-3-5-7-9-11-13-15-17-19-21-23-25-27-26-24-22-20-18-16-14-12-10-8-6-4-2;/h3-26H2,1-2H3;/q-1;. The second kappa shape index (κ2) is 29.8. The van der Waals surface area contributed by atoms with Crippen molar-refractivity contribution in [3.63, 3.8) is 0 Å². The van der Waals surface area contributed by atoms with Crippen molar-refractivity contribution in [2.24, 2.45) is 0 Å². The molecule has 0 atom stereocenters. The molecular weight excluding hydrogens is 422 g/mol. The Labute approximate surface area is 194 Å². The van der Waals surface area contributed by atoms with Crippen LogP contribution in [0.4, 0.5) is 0 Å². The molecule has 0 bridgehead atoms. The molecular formula is C26H54MoN-. The molecule has 0 aromatic carbocycles. The van der Waals surface area contributed by atoms with E-state index in [9.17, 15) is 0 Å². The van der Waals surface area contributed by atoms with Gasteiger partial charge in [0.1, 0.15) is 0 Å². The van der Waals surface area contributed by atoms with Gasteiger partial charge in [0.05, 0.1) is 0 Å². The van der Waals surface area contributed by atoms with Gasteiger partial charge in [-0.2, -0.15) is 0 Å². The average molecular weight is 477 g/mol. The quantitative estimate of drug-likeness (QED) is 0.0972. The first-order chi connectivity index (χ1) is 13.4. The molecule has 0 rings (SSSR count). The molecule has 0 aliphatic carbocycles. The smallest absolute Gasteiger partial charge is 0 e. The Balaban J connectivity index is 0. The summed E-state index contributed by atoms with van der Waals surface area (Å²) in [5.41, 5.74) is 0. The molecule has 0 aliphatic rings. The summed E-state index contributed by atoms with van der Waals surface area (Å²) in [6.45, 7) is 6.83. The minimum Gasteiger partial charge on any atom is -0.662 e. The zero-order valence-electron chi connectivity index (χ0n) is 19.8. The summed E-state index contributed by atoms with van der Waals surface area (Å²) >= 11 is 0. The molecule has 0 fully saturated rings. The van der Waals surface area contributed by atoms with Crippen molar-refractivity contribution in [1.82, 2.24) is 0 Å². The fraction of sp³-hybridized carbons (Fsp3) is 1.00. The van der Waals surface area contributed by atoms with Crippen LogP contribution in [-0.2, 0) is 21.1 Å². The molecule has 28 heavy (non-hydrogen) atoms. The van der Waals surface area contributed by atoms with Crippen molar-refractivity contribution in [3.05, 3.63) is 5.32 Å². The van der Waals surface area contributed by atoms with E-state index in [0.29, 0.717) is 0 Å². The summed E-state index contributed by atoms with van der Waals surface area (Å²) in [5, 5.41) is 4.72. The van der Waals surface area contributed by atoms with E-state index in [1.807, 2.05) is 0 Å². The molecule has 0 aromatic heterocycles. The number of rotatable bonds is 24. The van der Waals surface area contributed by atoms with E-state index in [0.717, 1.165) is 13.1 Å². The molecule has 0 saturated heterocycles. The number of hydrogen-bond donors (Lipinski definition) is 0. The van der Waals surface area contributed by atoms with Crippen LogP contribution in [0.25, 0.3) is 5.32 Å². The van der Waals surface area contributed by atoms with E-state index in [2.05, 4.69) is 13.8 Å². The molecule has 170 valence electrons. The van der Waals surface area contributed by atoms with Crippen LogP contribution in [0.15, 0.2) is 0 Å². The van der Waals surface area contributed by atoms with Gasteiger partial charge in [-0.25, -0.2) is 0 Å². The molecule has 0 heterocycles. The topological polar surface area (TPSA) is 14.1 Å².